The summed E-state index contributed by atoms with van der Waals surface area (Å²) in [5, 5.41) is 0. The van der Waals surface area contributed by atoms with Gasteiger partial charge in [-0.05, 0) is 77.7 Å². The van der Waals surface area contributed by atoms with Crippen LogP contribution in [-0.2, 0) is 13.1 Å². The number of rotatable bonds is 7. The molecule has 0 N–H and O–H groups in total. The minimum absolute atomic E-state index is 0.0566. The molecule has 2 amide bonds. The zero-order valence-corrected chi connectivity index (χ0v) is 30.1. The summed E-state index contributed by atoms with van der Waals surface area (Å²) in [5.41, 5.74) is 5.54. The molecule has 284 valence electrons. The van der Waals surface area contributed by atoms with Gasteiger partial charge in [-0.2, -0.15) is 0 Å². The Hall–Kier alpha value is -6.83. The lowest BCUT2D eigenvalue weighted by atomic mass is 10.0. The van der Waals surface area contributed by atoms with Crippen LogP contribution in [0.5, 0.6) is 17.2 Å². The van der Waals surface area contributed by atoms with Gasteiger partial charge in [0.2, 0.25) is 0 Å². The fourth-order valence-electron chi connectivity index (χ4n) is 6.14. The second-order valence-corrected chi connectivity index (χ2v) is 12.8. The Morgan fingerprint density at radius 3 is 1.45 bits per heavy atom. The summed E-state index contributed by atoms with van der Waals surface area (Å²) >= 11 is 0. The molecule has 8 rings (SSSR count). The molecule has 0 radical (unpaired) electrons. The Morgan fingerprint density at radius 1 is 0.607 bits per heavy atom. The molecular weight excluding hydrogens is 725 g/mol. The predicted octanol–water partition coefficient (Wildman–Crippen LogP) is 7.56. The van der Waals surface area contributed by atoms with E-state index in [2.05, 4.69) is 55.9 Å². The van der Waals surface area contributed by atoms with Crippen LogP contribution in [0.15, 0.2) is 122 Å². The third kappa shape index (κ3) is 9.27. The molecule has 0 atom stereocenters. The molecule has 2 aliphatic heterocycles. The number of nitrogens with zero attached hydrogens (tertiary/aromatic N) is 6. The highest BCUT2D eigenvalue weighted by Crippen LogP contribution is 2.32. The second-order valence-electron chi connectivity index (χ2n) is 12.8. The van der Waals surface area contributed by atoms with Crippen LogP contribution in [0.2, 0.25) is 0 Å². The van der Waals surface area contributed by atoms with Gasteiger partial charge in [0, 0.05) is 24.8 Å². The van der Waals surface area contributed by atoms with E-state index >= 15 is 0 Å². The number of alkyl halides is 3. The van der Waals surface area contributed by atoms with Gasteiger partial charge in [-0.3, -0.25) is 9.59 Å². The van der Waals surface area contributed by atoms with Crippen LogP contribution in [-0.4, -0.2) is 74.2 Å². The van der Waals surface area contributed by atoms with Crippen molar-refractivity contribution in [2.45, 2.75) is 26.4 Å². The summed E-state index contributed by atoms with van der Waals surface area (Å²) in [7, 11) is 0. The van der Waals surface area contributed by atoms with Gasteiger partial charge in [0.25, 0.3) is 11.8 Å². The molecule has 14 heteroatoms. The van der Waals surface area contributed by atoms with E-state index in [4.69, 9.17) is 9.47 Å². The van der Waals surface area contributed by atoms with Crippen molar-refractivity contribution in [3.63, 3.8) is 0 Å². The molecule has 0 spiro atoms. The first-order valence-corrected chi connectivity index (χ1v) is 17.7. The number of halogens is 3. The first kappa shape index (κ1) is 37.5. The minimum atomic E-state index is -4.75. The summed E-state index contributed by atoms with van der Waals surface area (Å²) in [4.78, 5) is 46.2. The largest absolute Gasteiger partial charge is 0.573 e. The fraction of sp³-hybridized carbons (Fsp3) is 0.190. The molecule has 2 aliphatic rings. The minimum Gasteiger partial charge on any atom is -0.491 e. The van der Waals surface area contributed by atoms with Crippen LogP contribution in [0.3, 0.4) is 0 Å². The van der Waals surface area contributed by atoms with Crippen LogP contribution < -0.4 is 14.2 Å². The normalized spacial score (nSPS) is 13.9. The molecule has 2 aromatic heterocycles. The van der Waals surface area contributed by atoms with E-state index < -0.39 is 6.36 Å². The highest BCUT2D eigenvalue weighted by molar-refractivity contribution is 5.99. The Labute approximate surface area is 320 Å². The van der Waals surface area contributed by atoms with Crippen molar-refractivity contribution < 1.29 is 37.0 Å². The van der Waals surface area contributed by atoms with Gasteiger partial charge < -0.3 is 24.0 Å². The molecule has 0 fully saturated rings. The number of carbonyl (C=O) groups is 2. The fourth-order valence-corrected chi connectivity index (χ4v) is 6.14. The smallest absolute Gasteiger partial charge is 0.491 e. The molecule has 4 heterocycles. The molecule has 56 heavy (non-hydrogen) atoms. The van der Waals surface area contributed by atoms with E-state index in [0.29, 0.717) is 78.2 Å². The van der Waals surface area contributed by atoms with Gasteiger partial charge >= 0.3 is 6.36 Å². The van der Waals surface area contributed by atoms with E-state index in [1.54, 1.807) is 64.9 Å². The van der Waals surface area contributed by atoms with E-state index in [1.165, 1.54) is 29.8 Å². The lowest BCUT2D eigenvalue weighted by molar-refractivity contribution is -0.274. The van der Waals surface area contributed by atoms with Gasteiger partial charge in [0.15, 0.2) is 0 Å². The average molecular weight is 761 g/mol. The van der Waals surface area contributed by atoms with Gasteiger partial charge in [0.05, 0.1) is 37.3 Å². The molecule has 0 saturated carbocycles. The van der Waals surface area contributed by atoms with Crippen LogP contribution in [0.25, 0.3) is 22.3 Å². The number of ether oxygens (including phenoxy) is 3. The van der Waals surface area contributed by atoms with Gasteiger partial charge in [-0.15, -0.1) is 13.2 Å². The van der Waals surface area contributed by atoms with E-state index in [-0.39, 0.29) is 24.1 Å². The Kier molecular flexibility index (Phi) is 11.2. The SMILES string of the molecule is Cc1ccc(-c2ccc3c(c2)C(=O)N(Cc2ncccn2)CCO3)cc1.O=C1c2cc(-c3ccc(OC(F)(F)F)cc3)ccc2OCCN1Cc1ncccn1. The van der Waals surface area contributed by atoms with Gasteiger partial charge in [-0.25, -0.2) is 19.9 Å². The standard InChI is InChI=1S/C21H16F3N3O3.C21H19N3O2/c22-21(23,24)30-16-5-2-14(3-6-16)15-4-7-18-17(12-15)20(28)27(10-11-29-18)13-19-25-8-1-9-26-19;1-15-3-5-16(6-4-15)17-7-8-19-18(13-17)21(25)24(11-12-26-19)14-20-22-9-2-10-23-20/h1-9,12H,10-11,13H2;2-10,13H,11-12,14H2,1H3. The topological polar surface area (TPSA) is 120 Å². The average Bonchev–Trinajstić information content (AvgIpc) is 3.45. The number of carbonyl (C=O) groups excluding carboxylic acids is 2. The lowest BCUT2D eigenvalue weighted by Crippen LogP contribution is -2.32. The van der Waals surface area contributed by atoms with E-state index in [0.717, 1.165) is 11.1 Å². The zero-order chi connectivity index (χ0) is 39.1. The lowest BCUT2D eigenvalue weighted by Gasteiger charge is -2.19. The van der Waals surface area contributed by atoms with Gasteiger partial charge in [0.1, 0.15) is 42.1 Å². The number of aromatic nitrogens is 4. The van der Waals surface area contributed by atoms with Crippen LogP contribution >= 0.6 is 0 Å². The first-order chi connectivity index (χ1) is 27.1. The maximum absolute atomic E-state index is 13.1. The third-order valence-electron chi connectivity index (χ3n) is 8.94. The quantitative estimate of drug-likeness (QED) is 0.162. The number of fused-ring (bicyclic) bond motifs is 2. The molecular formula is C42H35F3N6O5. The van der Waals surface area contributed by atoms with Crippen LogP contribution in [0, 0.1) is 6.92 Å². The number of benzene rings is 4. The monoisotopic (exact) mass is 760 g/mol. The van der Waals surface area contributed by atoms with Crippen molar-refractivity contribution in [3.05, 3.63) is 150 Å². The zero-order valence-electron chi connectivity index (χ0n) is 30.1. The van der Waals surface area contributed by atoms with Crippen molar-refractivity contribution in [1.29, 1.82) is 0 Å². The Morgan fingerprint density at radius 2 is 1.02 bits per heavy atom. The van der Waals surface area contributed by atoms with Gasteiger partial charge in [-0.1, -0.05) is 54.1 Å². The molecule has 4 aromatic carbocycles. The highest BCUT2D eigenvalue weighted by atomic mass is 19.4. The first-order valence-electron chi connectivity index (χ1n) is 17.7. The summed E-state index contributed by atoms with van der Waals surface area (Å²) in [6.45, 7) is 4.34. The van der Waals surface area contributed by atoms with Crippen LogP contribution in [0.1, 0.15) is 37.9 Å². The number of hydrogen-bond acceptors (Lipinski definition) is 9. The maximum atomic E-state index is 13.1. The van der Waals surface area contributed by atoms with Crippen molar-refractivity contribution in [2.75, 3.05) is 26.3 Å². The number of amides is 2. The maximum Gasteiger partial charge on any atom is 0.573 e. The van der Waals surface area contributed by atoms with Crippen molar-refractivity contribution in [3.8, 4) is 39.5 Å². The van der Waals surface area contributed by atoms with Crippen molar-refractivity contribution >= 4 is 11.8 Å². The summed E-state index contributed by atoms with van der Waals surface area (Å²) in [5.74, 6) is 1.63. The highest BCUT2D eigenvalue weighted by Gasteiger charge is 2.31. The number of aryl methyl sites for hydroxylation is 1. The summed E-state index contributed by atoms with van der Waals surface area (Å²) in [6, 6.07) is 28.1. The summed E-state index contributed by atoms with van der Waals surface area (Å²) in [6.07, 6.45) is 1.84. The molecule has 0 bridgehead atoms. The number of hydrogen-bond donors (Lipinski definition) is 0. The molecule has 11 nitrogen and oxygen atoms in total. The van der Waals surface area contributed by atoms with Crippen LogP contribution in [0.4, 0.5) is 13.2 Å². The molecule has 0 saturated heterocycles. The molecule has 6 aromatic rings. The predicted molar refractivity (Wildman–Crippen MR) is 200 cm³/mol. The summed E-state index contributed by atoms with van der Waals surface area (Å²) < 4.78 is 52.4. The third-order valence-corrected chi connectivity index (χ3v) is 8.94. The van der Waals surface area contributed by atoms with E-state index in [9.17, 15) is 22.8 Å². The molecule has 0 unspecified atom stereocenters. The Balaban J connectivity index is 0.000000173. The second kappa shape index (κ2) is 16.7. The Bertz CT molecular complexity index is 2290. The van der Waals surface area contributed by atoms with Crippen molar-refractivity contribution in [2.24, 2.45) is 0 Å². The van der Waals surface area contributed by atoms with E-state index in [1.807, 2.05) is 18.2 Å². The van der Waals surface area contributed by atoms with Crippen molar-refractivity contribution in [1.82, 2.24) is 29.7 Å². The molecule has 0 aliphatic carbocycles.